The molecule has 0 aliphatic rings. The molecule has 105 heavy (non-hydrogen) atoms. The van der Waals surface area contributed by atoms with E-state index in [9.17, 15) is 19.5 Å². The summed E-state index contributed by atoms with van der Waals surface area (Å²) in [4.78, 5) is 37.7. The summed E-state index contributed by atoms with van der Waals surface area (Å²) in [5.74, 6) is -2.28. The first kappa shape index (κ1) is 99.4. The molecule has 0 fully saturated rings. The largest absolute Gasteiger partial charge is 0.545 e. The van der Waals surface area contributed by atoms with Crippen LogP contribution >= 0.6 is 0 Å². The lowest BCUT2D eigenvalue weighted by Gasteiger charge is -2.26. The van der Waals surface area contributed by atoms with Crippen molar-refractivity contribution >= 4 is 17.9 Å². The third kappa shape index (κ3) is 85.5. The SMILES string of the molecule is CC/C=C\C/C=C\C/C=C\C/C=C\C/C=C\C/C=C\C/C=C\C/C=C\C/C=C\C/C=C\CCCCCCCCCCCCC(=O)OC(COC(=O)CCCCCCCCCCCCCCCCCCCCCCCCC/C=C\C/C=C\C/C=C\C/C=C\C/C=C\CC)COC(OCC[N+](C)(C)C)C(=O)[O-]. The third-order valence-corrected chi connectivity index (χ3v) is 18.1. The lowest BCUT2D eigenvalue weighted by Crippen LogP contribution is -2.44. The molecule has 0 saturated carbocycles. The average Bonchev–Trinajstić information content (AvgIpc) is 1.18. The van der Waals surface area contributed by atoms with Crippen molar-refractivity contribution in [3.63, 3.8) is 0 Å². The first-order valence-electron chi connectivity index (χ1n) is 42.9. The fourth-order valence-electron chi connectivity index (χ4n) is 11.7. The number of carboxylic acids is 1. The van der Waals surface area contributed by atoms with Gasteiger partial charge in [-0.3, -0.25) is 9.59 Å². The molecule has 0 saturated heterocycles. The van der Waals surface area contributed by atoms with Gasteiger partial charge in [0, 0.05) is 12.8 Å². The van der Waals surface area contributed by atoms with Crippen molar-refractivity contribution in [1.82, 2.24) is 0 Å². The van der Waals surface area contributed by atoms with Crippen LogP contribution in [0, 0.1) is 0 Å². The Morgan fingerprint density at radius 1 is 0.286 bits per heavy atom. The Kier molecular flexibility index (Phi) is 79.5. The summed E-state index contributed by atoms with van der Waals surface area (Å²) < 4.78 is 22.9. The molecule has 0 N–H and O–H groups in total. The predicted octanol–water partition coefficient (Wildman–Crippen LogP) is 26.9. The van der Waals surface area contributed by atoms with Crippen LogP contribution in [0.1, 0.15) is 348 Å². The number of hydrogen-bond donors (Lipinski definition) is 0. The Balaban J connectivity index is 4.04. The van der Waals surface area contributed by atoms with Crippen molar-refractivity contribution in [2.45, 2.75) is 360 Å². The smallest absolute Gasteiger partial charge is 0.306 e. The summed E-state index contributed by atoms with van der Waals surface area (Å²) in [7, 11) is 5.94. The molecule has 0 aliphatic heterocycles. The standard InChI is InChI=1S/C96H159NO8/c1-6-8-10-12-14-16-18-20-22-24-26-28-30-32-34-36-38-40-42-44-46-47-49-51-53-55-57-59-61-63-65-67-69-71-73-75-77-79-81-83-85-87-94(99)105-92(91-104-96(95(100)101)102-89-88-97(3,4)5)90-103-93(98)86-84-82-80-78-76-74-72-70-68-66-64-62-60-58-56-54-52-50-48-45-43-41-39-37-35-33-31-29-27-25-23-21-19-17-15-13-11-9-7-2/h8-11,14-17,20-23,26-29,32-35,38,40,44,46,49,51,55,57,61,63,92,96H,6-7,12-13,18-19,24-25,30-31,36-37,39,41-43,45,47-48,50,52-54,56,58-60,62,64-91H2,1-5H3/b10-8-,11-9-,16-14-,17-15-,22-20-,23-21-,28-26-,29-27-,34-32-,35-33-,40-38-,46-44-,51-49-,57-55-,63-61-. The number of carboxylic acid groups (broad SMARTS) is 1. The second-order valence-electron chi connectivity index (χ2n) is 29.4. The molecule has 0 aliphatic carbocycles. The summed E-state index contributed by atoms with van der Waals surface area (Å²) >= 11 is 0. The Bertz CT molecular complexity index is 2400. The van der Waals surface area contributed by atoms with E-state index in [-0.39, 0.29) is 38.6 Å². The number of likely N-dealkylation sites (N-methyl/N-ethyl adjacent to an activating group) is 1. The van der Waals surface area contributed by atoms with Crippen molar-refractivity contribution in [3.05, 3.63) is 182 Å². The van der Waals surface area contributed by atoms with Gasteiger partial charge in [-0.15, -0.1) is 0 Å². The van der Waals surface area contributed by atoms with Crippen molar-refractivity contribution in [3.8, 4) is 0 Å². The molecule has 0 bridgehead atoms. The maximum atomic E-state index is 13.0. The molecule has 0 aromatic carbocycles. The van der Waals surface area contributed by atoms with Gasteiger partial charge in [0.05, 0.1) is 40.3 Å². The minimum atomic E-state index is -1.63. The van der Waals surface area contributed by atoms with Crippen LogP contribution in [0.25, 0.3) is 0 Å². The van der Waals surface area contributed by atoms with Crippen molar-refractivity contribution in [1.29, 1.82) is 0 Å². The van der Waals surface area contributed by atoms with E-state index >= 15 is 0 Å². The van der Waals surface area contributed by atoms with E-state index in [2.05, 4.69) is 196 Å². The molecular weight excluding hydrogens is 1300 g/mol. The lowest BCUT2D eigenvalue weighted by atomic mass is 10.0. The molecule has 0 rings (SSSR count). The first-order chi connectivity index (χ1) is 51.6. The van der Waals surface area contributed by atoms with Crippen LogP contribution in [0.3, 0.4) is 0 Å². The van der Waals surface area contributed by atoms with Gasteiger partial charge in [0.1, 0.15) is 13.2 Å². The van der Waals surface area contributed by atoms with Crippen LogP contribution in [0.15, 0.2) is 182 Å². The van der Waals surface area contributed by atoms with Gasteiger partial charge in [0.2, 0.25) is 0 Å². The van der Waals surface area contributed by atoms with E-state index in [1.165, 1.54) is 173 Å². The van der Waals surface area contributed by atoms with E-state index < -0.39 is 24.3 Å². The Hall–Kier alpha value is -5.61. The lowest BCUT2D eigenvalue weighted by molar-refractivity contribution is -0.870. The molecule has 0 aromatic rings. The number of carbonyl (C=O) groups is 3. The maximum Gasteiger partial charge on any atom is 0.306 e. The fraction of sp³-hybridized carbons (Fsp3) is 0.656. The monoisotopic (exact) mass is 1450 g/mol. The minimum absolute atomic E-state index is 0.141. The van der Waals surface area contributed by atoms with Crippen LogP contribution in [-0.4, -0.2) is 82.3 Å². The topological polar surface area (TPSA) is 111 Å². The van der Waals surface area contributed by atoms with Gasteiger partial charge in [-0.1, -0.05) is 382 Å². The van der Waals surface area contributed by atoms with Gasteiger partial charge in [-0.2, -0.15) is 0 Å². The van der Waals surface area contributed by atoms with Gasteiger partial charge < -0.3 is 33.3 Å². The Labute approximate surface area is 647 Å². The van der Waals surface area contributed by atoms with Crippen LogP contribution in [0.4, 0.5) is 0 Å². The van der Waals surface area contributed by atoms with Crippen molar-refractivity contribution < 1.29 is 42.9 Å². The molecular formula is C96H159NO8. The molecule has 0 heterocycles. The molecule has 596 valence electrons. The van der Waals surface area contributed by atoms with Gasteiger partial charge in [0.25, 0.3) is 0 Å². The van der Waals surface area contributed by atoms with Gasteiger partial charge in [0.15, 0.2) is 12.4 Å². The number of ether oxygens (including phenoxy) is 4. The fourth-order valence-corrected chi connectivity index (χ4v) is 11.7. The highest BCUT2D eigenvalue weighted by molar-refractivity contribution is 5.70. The average molecular weight is 1460 g/mol. The highest BCUT2D eigenvalue weighted by Gasteiger charge is 2.22. The summed E-state index contributed by atoms with van der Waals surface area (Å²) in [5, 5.41) is 11.9. The normalized spacial score (nSPS) is 13.6. The number of aliphatic carboxylic acids is 1. The number of nitrogens with zero attached hydrogens (tertiary/aromatic N) is 1. The van der Waals surface area contributed by atoms with E-state index in [1.54, 1.807) is 0 Å². The van der Waals surface area contributed by atoms with Crippen LogP contribution < -0.4 is 5.11 Å². The molecule has 2 atom stereocenters. The van der Waals surface area contributed by atoms with E-state index in [4.69, 9.17) is 18.9 Å². The predicted molar refractivity (Wildman–Crippen MR) is 453 cm³/mol. The molecule has 2 unspecified atom stereocenters. The van der Waals surface area contributed by atoms with Gasteiger partial charge >= 0.3 is 11.9 Å². The first-order valence-corrected chi connectivity index (χ1v) is 42.9. The van der Waals surface area contributed by atoms with Crippen molar-refractivity contribution in [2.24, 2.45) is 0 Å². The molecule has 0 amide bonds. The van der Waals surface area contributed by atoms with E-state index in [1.807, 2.05) is 21.1 Å². The quantitative estimate of drug-likeness (QED) is 0.0195. The van der Waals surface area contributed by atoms with E-state index in [0.29, 0.717) is 17.4 Å². The Morgan fingerprint density at radius 2 is 0.514 bits per heavy atom. The summed E-state index contributed by atoms with van der Waals surface area (Å²) in [6.45, 7) is 4.53. The van der Waals surface area contributed by atoms with Crippen LogP contribution in [0.2, 0.25) is 0 Å². The molecule has 9 heteroatoms. The summed E-state index contributed by atoms with van der Waals surface area (Å²) in [6, 6.07) is 0. The second kappa shape index (κ2) is 84.0. The minimum Gasteiger partial charge on any atom is -0.545 e. The third-order valence-electron chi connectivity index (χ3n) is 18.1. The second-order valence-corrected chi connectivity index (χ2v) is 29.4. The molecule has 0 radical (unpaired) electrons. The zero-order chi connectivity index (χ0) is 76.0. The number of esters is 2. The number of carbonyl (C=O) groups excluding carboxylic acids is 3. The highest BCUT2D eigenvalue weighted by Crippen LogP contribution is 2.18. The Morgan fingerprint density at radius 3 is 0.762 bits per heavy atom. The molecule has 0 aromatic heterocycles. The van der Waals surface area contributed by atoms with Gasteiger partial charge in [-0.05, 0) is 135 Å². The summed E-state index contributed by atoms with van der Waals surface area (Å²) in [5.41, 5.74) is 0. The number of allylic oxidation sites excluding steroid dienone is 30. The number of unbranched alkanes of at least 4 members (excludes halogenated alkanes) is 33. The van der Waals surface area contributed by atoms with E-state index in [0.717, 1.165) is 141 Å². The molecule has 9 nitrogen and oxygen atoms in total. The zero-order valence-corrected chi connectivity index (χ0v) is 68.3. The zero-order valence-electron chi connectivity index (χ0n) is 68.3. The van der Waals surface area contributed by atoms with Crippen LogP contribution in [-0.2, 0) is 33.3 Å². The van der Waals surface area contributed by atoms with Crippen molar-refractivity contribution in [2.75, 3.05) is 47.5 Å². The maximum absolute atomic E-state index is 13.0. The highest BCUT2D eigenvalue weighted by atomic mass is 16.7. The summed E-state index contributed by atoms with van der Waals surface area (Å²) in [6.07, 6.45) is 125. The number of quaternary nitrogens is 1. The molecule has 0 spiro atoms. The number of rotatable bonds is 78. The number of hydrogen-bond acceptors (Lipinski definition) is 8. The van der Waals surface area contributed by atoms with Crippen LogP contribution in [0.5, 0.6) is 0 Å². The van der Waals surface area contributed by atoms with Gasteiger partial charge in [-0.25, -0.2) is 0 Å².